The van der Waals surface area contributed by atoms with E-state index in [1.165, 1.54) is 0 Å². The highest BCUT2D eigenvalue weighted by atomic mass is 16.1. The summed E-state index contributed by atoms with van der Waals surface area (Å²) in [5.41, 5.74) is 1.20. The topological polar surface area (TPSA) is 70.2 Å². The lowest BCUT2D eigenvalue weighted by Crippen LogP contribution is -2.28. The maximum absolute atomic E-state index is 12.0. The van der Waals surface area contributed by atoms with Gasteiger partial charge in [0.1, 0.15) is 5.69 Å². The van der Waals surface area contributed by atoms with Gasteiger partial charge in [0.05, 0.1) is 0 Å². The van der Waals surface area contributed by atoms with Gasteiger partial charge in [0.25, 0.3) is 5.91 Å². The molecule has 0 aliphatic heterocycles. The van der Waals surface area contributed by atoms with Gasteiger partial charge in [-0.05, 0) is 46.0 Å². The third-order valence-corrected chi connectivity index (χ3v) is 2.82. The molecule has 0 aliphatic rings. The molecule has 6 nitrogen and oxygen atoms in total. The molecule has 0 aromatic carbocycles. The molecule has 1 rings (SSSR count). The highest BCUT2D eigenvalue weighted by molar-refractivity contribution is 5.92. The summed E-state index contributed by atoms with van der Waals surface area (Å²) in [5.74, 6) is 0.787. The van der Waals surface area contributed by atoms with Crippen LogP contribution in [-0.4, -0.2) is 54.5 Å². The molecule has 21 heavy (non-hydrogen) atoms. The van der Waals surface area contributed by atoms with E-state index in [1.54, 1.807) is 6.07 Å². The summed E-state index contributed by atoms with van der Waals surface area (Å²) in [5, 5.41) is 6.04. The van der Waals surface area contributed by atoms with Gasteiger partial charge in [-0.3, -0.25) is 4.79 Å². The summed E-state index contributed by atoms with van der Waals surface area (Å²) in [6.45, 7) is 8.42. The molecule has 6 heteroatoms. The maximum atomic E-state index is 12.0. The number of nitrogens with zero attached hydrogens (tertiary/aromatic N) is 3. The Labute approximate surface area is 127 Å². The highest BCUT2D eigenvalue weighted by Crippen LogP contribution is 2.05. The van der Waals surface area contributed by atoms with Crippen LogP contribution in [0.4, 0.5) is 5.95 Å². The van der Waals surface area contributed by atoms with Crippen molar-refractivity contribution in [3.63, 3.8) is 0 Å². The van der Waals surface area contributed by atoms with Crippen molar-refractivity contribution in [2.45, 2.75) is 27.2 Å². The summed E-state index contributed by atoms with van der Waals surface area (Å²) < 4.78 is 0. The Balaban J connectivity index is 2.60. The van der Waals surface area contributed by atoms with Crippen LogP contribution in [0.2, 0.25) is 0 Å². The Morgan fingerprint density at radius 3 is 2.67 bits per heavy atom. The molecule has 1 aromatic rings. The van der Waals surface area contributed by atoms with Gasteiger partial charge < -0.3 is 15.5 Å². The zero-order valence-electron chi connectivity index (χ0n) is 13.7. The number of anilines is 1. The van der Waals surface area contributed by atoms with Crippen molar-refractivity contribution in [1.29, 1.82) is 0 Å². The molecular weight excluding hydrogens is 266 g/mol. The number of aryl methyl sites for hydroxylation is 1. The lowest BCUT2D eigenvalue weighted by atomic mass is 10.2. The Morgan fingerprint density at radius 1 is 1.33 bits per heavy atom. The van der Waals surface area contributed by atoms with E-state index in [1.807, 2.05) is 21.0 Å². The first-order valence-corrected chi connectivity index (χ1v) is 7.41. The first-order valence-electron chi connectivity index (χ1n) is 7.41. The van der Waals surface area contributed by atoms with Gasteiger partial charge in [0, 0.05) is 18.8 Å². The van der Waals surface area contributed by atoms with E-state index >= 15 is 0 Å². The summed E-state index contributed by atoms with van der Waals surface area (Å²) in [4.78, 5) is 22.8. The van der Waals surface area contributed by atoms with Crippen molar-refractivity contribution in [1.82, 2.24) is 20.2 Å². The SMILES string of the molecule is Cc1cc(C(=O)NCC(C)C)nc(NCCCN(C)C)n1. The molecular formula is C15H27N5O. The predicted octanol–water partition coefficient (Wildman–Crippen LogP) is 1.53. The molecule has 0 spiro atoms. The number of rotatable bonds is 8. The molecule has 0 bridgehead atoms. The smallest absolute Gasteiger partial charge is 0.270 e. The first-order chi connectivity index (χ1) is 9.88. The van der Waals surface area contributed by atoms with Gasteiger partial charge in [-0.25, -0.2) is 9.97 Å². The van der Waals surface area contributed by atoms with Crippen LogP contribution in [0.25, 0.3) is 0 Å². The first kappa shape index (κ1) is 17.4. The standard InChI is InChI=1S/C15H27N5O/c1-11(2)10-17-14(21)13-9-12(3)18-15(19-13)16-7-6-8-20(4)5/h9,11H,6-8,10H2,1-5H3,(H,17,21)(H,16,18,19). The fourth-order valence-electron chi connectivity index (χ4n) is 1.75. The Morgan fingerprint density at radius 2 is 2.05 bits per heavy atom. The van der Waals surface area contributed by atoms with Crippen molar-refractivity contribution in [3.8, 4) is 0 Å². The second-order valence-corrected chi connectivity index (χ2v) is 5.91. The molecule has 0 radical (unpaired) electrons. The molecule has 0 atom stereocenters. The maximum Gasteiger partial charge on any atom is 0.270 e. The van der Waals surface area contributed by atoms with E-state index in [4.69, 9.17) is 0 Å². The number of carbonyl (C=O) groups is 1. The number of aromatic nitrogens is 2. The van der Waals surface area contributed by atoms with Crippen LogP contribution in [0.15, 0.2) is 6.07 Å². The Kier molecular flexibility index (Phi) is 7.08. The van der Waals surface area contributed by atoms with Crippen LogP contribution in [0.3, 0.4) is 0 Å². The fourth-order valence-corrected chi connectivity index (χ4v) is 1.75. The number of amides is 1. The van der Waals surface area contributed by atoms with Gasteiger partial charge in [0.2, 0.25) is 5.95 Å². The molecule has 0 fully saturated rings. The van der Waals surface area contributed by atoms with Crippen molar-refractivity contribution < 1.29 is 4.79 Å². The van der Waals surface area contributed by atoms with Crippen LogP contribution in [0.5, 0.6) is 0 Å². The van der Waals surface area contributed by atoms with E-state index in [2.05, 4.69) is 39.3 Å². The van der Waals surface area contributed by atoms with Crippen LogP contribution < -0.4 is 10.6 Å². The van der Waals surface area contributed by atoms with Crippen LogP contribution in [0, 0.1) is 12.8 Å². The molecule has 1 aromatic heterocycles. The molecule has 0 saturated carbocycles. The number of carbonyl (C=O) groups excluding carboxylic acids is 1. The summed E-state index contributed by atoms with van der Waals surface area (Å²) in [6, 6.07) is 1.71. The summed E-state index contributed by atoms with van der Waals surface area (Å²) >= 11 is 0. The molecule has 2 N–H and O–H groups in total. The third-order valence-electron chi connectivity index (χ3n) is 2.82. The van der Waals surface area contributed by atoms with Crippen molar-refractivity contribution in [2.75, 3.05) is 39.0 Å². The average molecular weight is 293 g/mol. The van der Waals surface area contributed by atoms with E-state index in [0.29, 0.717) is 24.1 Å². The molecule has 0 aliphatic carbocycles. The van der Waals surface area contributed by atoms with E-state index in [9.17, 15) is 4.79 Å². The zero-order chi connectivity index (χ0) is 15.8. The van der Waals surface area contributed by atoms with Crippen molar-refractivity contribution in [2.24, 2.45) is 5.92 Å². The van der Waals surface area contributed by atoms with Crippen molar-refractivity contribution >= 4 is 11.9 Å². The second kappa shape index (κ2) is 8.56. The van der Waals surface area contributed by atoms with Gasteiger partial charge in [-0.15, -0.1) is 0 Å². The Hall–Kier alpha value is -1.69. The van der Waals surface area contributed by atoms with Gasteiger partial charge >= 0.3 is 0 Å². The highest BCUT2D eigenvalue weighted by Gasteiger charge is 2.10. The lowest BCUT2D eigenvalue weighted by Gasteiger charge is -2.11. The van der Waals surface area contributed by atoms with E-state index in [-0.39, 0.29) is 5.91 Å². The second-order valence-electron chi connectivity index (χ2n) is 5.91. The average Bonchev–Trinajstić information content (AvgIpc) is 2.40. The summed E-state index contributed by atoms with van der Waals surface area (Å²) in [6.07, 6.45) is 0.999. The molecule has 1 heterocycles. The quantitative estimate of drug-likeness (QED) is 0.711. The number of hydrogen-bond acceptors (Lipinski definition) is 5. The van der Waals surface area contributed by atoms with Gasteiger partial charge in [-0.2, -0.15) is 0 Å². The van der Waals surface area contributed by atoms with Crippen LogP contribution >= 0.6 is 0 Å². The minimum absolute atomic E-state index is 0.148. The normalized spacial score (nSPS) is 11.0. The minimum atomic E-state index is -0.148. The monoisotopic (exact) mass is 293 g/mol. The minimum Gasteiger partial charge on any atom is -0.354 e. The summed E-state index contributed by atoms with van der Waals surface area (Å²) in [7, 11) is 4.08. The zero-order valence-corrected chi connectivity index (χ0v) is 13.7. The van der Waals surface area contributed by atoms with Crippen molar-refractivity contribution in [3.05, 3.63) is 17.5 Å². The van der Waals surface area contributed by atoms with Gasteiger partial charge in [-0.1, -0.05) is 13.8 Å². The van der Waals surface area contributed by atoms with E-state index < -0.39 is 0 Å². The fraction of sp³-hybridized carbons (Fsp3) is 0.667. The largest absolute Gasteiger partial charge is 0.354 e. The molecule has 0 saturated heterocycles. The molecule has 0 unspecified atom stereocenters. The van der Waals surface area contributed by atoms with Crippen LogP contribution in [-0.2, 0) is 0 Å². The molecule has 1 amide bonds. The van der Waals surface area contributed by atoms with E-state index in [0.717, 1.165) is 25.2 Å². The molecule has 118 valence electrons. The third kappa shape index (κ3) is 7.04. The van der Waals surface area contributed by atoms with Crippen LogP contribution in [0.1, 0.15) is 36.5 Å². The van der Waals surface area contributed by atoms with Gasteiger partial charge in [0.15, 0.2) is 0 Å². The predicted molar refractivity (Wildman–Crippen MR) is 85.6 cm³/mol. The number of hydrogen-bond donors (Lipinski definition) is 2. The Bertz CT molecular complexity index is 459. The lowest BCUT2D eigenvalue weighted by molar-refractivity contribution is 0.0944. The number of nitrogens with one attached hydrogen (secondary N) is 2.